The van der Waals surface area contributed by atoms with E-state index in [4.69, 9.17) is 9.47 Å². The number of ether oxygens (including phenoxy) is 2. The number of allylic oxidation sites excluding steroid dienone is 1. The minimum atomic E-state index is -2.23. The molecular formula is C20H24O8. The molecule has 0 aromatic rings. The summed E-state index contributed by atoms with van der Waals surface area (Å²) in [6.07, 6.45) is 0.777. The van der Waals surface area contributed by atoms with Crippen LogP contribution in [0, 0.1) is 11.8 Å². The third kappa shape index (κ3) is 2.75. The highest BCUT2D eigenvalue weighted by Gasteiger charge is 2.67. The number of rotatable bonds is 4. The molecule has 152 valence electrons. The molecule has 0 bridgehead atoms. The second-order valence-electron chi connectivity index (χ2n) is 7.64. The second-order valence-corrected chi connectivity index (χ2v) is 7.64. The average molecular weight is 392 g/mol. The minimum absolute atomic E-state index is 0.0105. The molecule has 1 aliphatic heterocycles. The van der Waals surface area contributed by atoms with Crippen molar-refractivity contribution in [3.63, 3.8) is 0 Å². The predicted octanol–water partition coefficient (Wildman–Crippen LogP) is -0.0344. The van der Waals surface area contributed by atoms with Crippen LogP contribution in [0.3, 0.4) is 0 Å². The van der Waals surface area contributed by atoms with E-state index < -0.39 is 60.2 Å². The van der Waals surface area contributed by atoms with Crippen LogP contribution in [0.5, 0.6) is 0 Å². The van der Waals surface area contributed by atoms with Crippen LogP contribution >= 0.6 is 0 Å². The molecule has 2 aliphatic carbocycles. The molecule has 0 aromatic heterocycles. The summed E-state index contributed by atoms with van der Waals surface area (Å²) in [6.45, 7) is 6.45. The predicted molar refractivity (Wildman–Crippen MR) is 95.7 cm³/mol. The molecule has 3 aliphatic rings. The van der Waals surface area contributed by atoms with Crippen molar-refractivity contribution in [2.75, 3.05) is 6.61 Å². The number of fused-ring (bicyclic) bond motifs is 3. The molecule has 8 nitrogen and oxygen atoms in total. The third-order valence-corrected chi connectivity index (χ3v) is 6.23. The lowest BCUT2D eigenvalue weighted by Crippen LogP contribution is -2.60. The van der Waals surface area contributed by atoms with E-state index in [0.29, 0.717) is 5.57 Å². The van der Waals surface area contributed by atoms with E-state index in [2.05, 4.69) is 6.58 Å². The molecule has 0 radical (unpaired) electrons. The number of esters is 2. The minimum Gasteiger partial charge on any atom is -0.458 e. The van der Waals surface area contributed by atoms with Crippen molar-refractivity contribution in [2.24, 2.45) is 11.8 Å². The normalized spacial score (nSPS) is 40.2. The van der Waals surface area contributed by atoms with Crippen molar-refractivity contribution >= 4 is 18.2 Å². The Labute approximate surface area is 162 Å². The van der Waals surface area contributed by atoms with Gasteiger partial charge in [-0.15, -0.1) is 0 Å². The Kier molecular flexibility index (Phi) is 5.07. The van der Waals surface area contributed by atoms with Crippen molar-refractivity contribution in [3.05, 3.63) is 35.5 Å². The van der Waals surface area contributed by atoms with Crippen LogP contribution < -0.4 is 0 Å². The summed E-state index contributed by atoms with van der Waals surface area (Å²) in [7, 11) is 0. The van der Waals surface area contributed by atoms with E-state index in [1.807, 2.05) is 0 Å². The summed E-state index contributed by atoms with van der Waals surface area (Å²) in [5, 5.41) is 31.7. The van der Waals surface area contributed by atoms with Crippen molar-refractivity contribution < 1.29 is 39.2 Å². The molecule has 8 heteroatoms. The second kappa shape index (κ2) is 6.95. The number of carbonyl (C=O) groups excluding carboxylic acids is 3. The fourth-order valence-corrected chi connectivity index (χ4v) is 4.60. The molecule has 3 rings (SSSR count). The smallest absolute Gasteiger partial charge is 0.336 e. The van der Waals surface area contributed by atoms with Gasteiger partial charge in [0.1, 0.15) is 17.8 Å². The van der Waals surface area contributed by atoms with Crippen LogP contribution in [-0.2, 0) is 23.9 Å². The average Bonchev–Trinajstić information content (AvgIpc) is 3.09. The van der Waals surface area contributed by atoms with E-state index in [1.165, 1.54) is 6.08 Å². The SMILES string of the molecule is C=C1C(=O)O[C@H]2[C@H]1[C@H](OC(=O)/C(=C\C)CO)C[C@@](O)(C=O)[C@]1(O)CC=C(C)[C@H]21. The standard InChI is InChI=1S/C20H24O8/c1-4-12(8-21)18(24)27-13-7-19(25,9-22)20(26)6-5-10(2)15(20)16-14(13)11(3)17(23)28-16/h4-5,9,13-16,21,25-26H,3,6-8H2,1-2H3/b12-4-/t13-,14-,15-,16+,19-,20+/m1/s1. The monoisotopic (exact) mass is 392 g/mol. The van der Waals surface area contributed by atoms with Crippen LogP contribution in [0.1, 0.15) is 26.7 Å². The van der Waals surface area contributed by atoms with Gasteiger partial charge in [-0.25, -0.2) is 9.59 Å². The Morgan fingerprint density at radius 2 is 2.14 bits per heavy atom. The molecule has 0 aromatic carbocycles. The van der Waals surface area contributed by atoms with Gasteiger partial charge in [-0.05, 0) is 20.3 Å². The number of aliphatic hydroxyl groups excluding tert-OH is 1. The molecular weight excluding hydrogens is 368 g/mol. The van der Waals surface area contributed by atoms with Gasteiger partial charge in [-0.1, -0.05) is 24.3 Å². The lowest BCUT2D eigenvalue weighted by atomic mass is 9.72. The van der Waals surface area contributed by atoms with Crippen molar-refractivity contribution in [1.82, 2.24) is 0 Å². The fraction of sp³-hybridized carbons (Fsp3) is 0.550. The molecule has 0 amide bonds. The van der Waals surface area contributed by atoms with Gasteiger partial charge in [0.2, 0.25) is 0 Å². The zero-order valence-electron chi connectivity index (χ0n) is 15.8. The number of hydrogen-bond donors (Lipinski definition) is 3. The van der Waals surface area contributed by atoms with Gasteiger partial charge < -0.3 is 29.6 Å². The Hall–Kier alpha value is -2.29. The zero-order chi connectivity index (χ0) is 20.9. The third-order valence-electron chi connectivity index (χ3n) is 6.23. The molecule has 1 heterocycles. The van der Waals surface area contributed by atoms with E-state index in [1.54, 1.807) is 19.9 Å². The lowest BCUT2D eigenvalue weighted by molar-refractivity contribution is -0.185. The van der Waals surface area contributed by atoms with Crippen LogP contribution in [0.25, 0.3) is 0 Å². The number of aldehydes is 1. The fourth-order valence-electron chi connectivity index (χ4n) is 4.60. The number of hydrogen-bond acceptors (Lipinski definition) is 8. The highest BCUT2D eigenvalue weighted by Crippen LogP contribution is 2.54. The van der Waals surface area contributed by atoms with E-state index in [9.17, 15) is 29.7 Å². The Morgan fingerprint density at radius 1 is 1.46 bits per heavy atom. The van der Waals surface area contributed by atoms with E-state index in [0.717, 1.165) is 0 Å². The molecule has 2 fully saturated rings. The molecule has 0 spiro atoms. The Bertz CT molecular complexity index is 796. The number of aliphatic hydroxyl groups is 3. The van der Waals surface area contributed by atoms with Crippen LogP contribution in [0.4, 0.5) is 0 Å². The van der Waals surface area contributed by atoms with Gasteiger partial charge in [0.25, 0.3) is 0 Å². The summed E-state index contributed by atoms with van der Waals surface area (Å²) >= 11 is 0. The summed E-state index contributed by atoms with van der Waals surface area (Å²) < 4.78 is 10.9. The van der Waals surface area contributed by atoms with Crippen molar-refractivity contribution in [2.45, 2.75) is 50.1 Å². The van der Waals surface area contributed by atoms with Gasteiger partial charge in [0.15, 0.2) is 11.9 Å². The topological polar surface area (TPSA) is 130 Å². The molecule has 3 N–H and O–H groups in total. The lowest BCUT2D eigenvalue weighted by Gasteiger charge is -2.41. The summed E-state index contributed by atoms with van der Waals surface area (Å²) in [6, 6.07) is 0. The maximum Gasteiger partial charge on any atom is 0.336 e. The van der Waals surface area contributed by atoms with E-state index in [-0.39, 0.29) is 23.9 Å². The van der Waals surface area contributed by atoms with Gasteiger partial charge >= 0.3 is 11.9 Å². The Morgan fingerprint density at radius 3 is 2.71 bits per heavy atom. The molecule has 0 unspecified atom stereocenters. The van der Waals surface area contributed by atoms with Crippen molar-refractivity contribution in [3.8, 4) is 0 Å². The number of carbonyl (C=O) groups is 3. The van der Waals surface area contributed by atoms with Crippen LogP contribution in [-0.4, -0.2) is 63.6 Å². The molecule has 6 atom stereocenters. The summed E-state index contributed by atoms with van der Waals surface area (Å²) in [5.41, 5.74) is -3.44. The highest BCUT2D eigenvalue weighted by atomic mass is 16.6. The van der Waals surface area contributed by atoms with Crippen LogP contribution in [0.2, 0.25) is 0 Å². The molecule has 1 saturated carbocycles. The maximum absolute atomic E-state index is 12.4. The summed E-state index contributed by atoms with van der Waals surface area (Å²) in [4.78, 5) is 36.5. The first-order chi connectivity index (χ1) is 13.1. The van der Waals surface area contributed by atoms with Gasteiger partial charge in [-0.2, -0.15) is 0 Å². The van der Waals surface area contributed by atoms with Gasteiger partial charge in [-0.3, -0.25) is 0 Å². The maximum atomic E-state index is 12.4. The molecule has 1 saturated heterocycles. The zero-order valence-corrected chi connectivity index (χ0v) is 15.8. The van der Waals surface area contributed by atoms with Crippen molar-refractivity contribution in [1.29, 1.82) is 0 Å². The Balaban J connectivity index is 2.09. The van der Waals surface area contributed by atoms with Gasteiger partial charge in [0, 0.05) is 17.9 Å². The quantitative estimate of drug-likeness (QED) is 0.263. The highest BCUT2D eigenvalue weighted by molar-refractivity contribution is 5.92. The van der Waals surface area contributed by atoms with Gasteiger partial charge in [0.05, 0.1) is 18.1 Å². The molecule has 28 heavy (non-hydrogen) atoms. The largest absolute Gasteiger partial charge is 0.458 e. The van der Waals surface area contributed by atoms with Crippen LogP contribution in [0.15, 0.2) is 35.5 Å². The first-order valence-corrected chi connectivity index (χ1v) is 9.08. The summed E-state index contributed by atoms with van der Waals surface area (Å²) in [5.74, 6) is -3.22. The van der Waals surface area contributed by atoms with E-state index >= 15 is 0 Å². The first-order valence-electron chi connectivity index (χ1n) is 9.08. The first kappa shape index (κ1) is 20.4.